The molecule has 0 atom stereocenters. The zero-order valence-corrected chi connectivity index (χ0v) is 11.7. The van der Waals surface area contributed by atoms with Gasteiger partial charge in [0.25, 0.3) is 0 Å². The monoisotopic (exact) mass is 313 g/mol. The summed E-state index contributed by atoms with van der Waals surface area (Å²) in [7, 11) is 0. The lowest BCUT2D eigenvalue weighted by atomic mass is 10.3. The Bertz CT molecular complexity index is 489. The molecule has 0 spiro atoms. The van der Waals surface area contributed by atoms with E-state index in [2.05, 4.69) is 31.1 Å². The van der Waals surface area contributed by atoms with Gasteiger partial charge < -0.3 is 4.74 Å². The molecule has 0 amide bonds. The van der Waals surface area contributed by atoms with Gasteiger partial charge in [-0.05, 0) is 25.1 Å². The molecule has 1 aromatic carbocycles. The van der Waals surface area contributed by atoms with Crippen LogP contribution in [-0.4, -0.2) is 27.5 Å². The Hall–Kier alpha value is -1.01. The van der Waals surface area contributed by atoms with Crippen molar-refractivity contribution in [3.63, 3.8) is 0 Å². The van der Waals surface area contributed by atoms with Gasteiger partial charge in [-0.25, -0.2) is 4.98 Å². The van der Waals surface area contributed by atoms with Crippen LogP contribution in [0.4, 0.5) is 0 Å². The second kappa shape index (κ2) is 6.07. The summed E-state index contributed by atoms with van der Waals surface area (Å²) in [5.74, 6) is 2.52. The molecular formula is C11H12BrN3OS. The number of nitrogens with one attached hydrogen (secondary N) is 1. The number of aryl methyl sites for hydroxylation is 1. The van der Waals surface area contributed by atoms with Crippen molar-refractivity contribution >= 4 is 27.7 Å². The van der Waals surface area contributed by atoms with Crippen LogP contribution in [0, 0.1) is 6.92 Å². The van der Waals surface area contributed by atoms with E-state index in [4.69, 9.17) is 4.74 Å². The van der Waals surface area contributed by atoms with Crippen molar-refractivity contribution in [2.45, 2.75) is 12.1 Å². The molecule has 4 nitrogen and oxygen atoms in total. The molecule has 17 heavy (non-hydrogen) atoms. The molecule has 1 N–H and O–H groups in total. The molecule has 0 aliphatic rings. The molecule has 2 aromatic rings. The highest BCUT2D eigenvalue weighted by Crippen LogP contribution is 2.18. The first kappa shape index (κ1) is 12.4. The first-order valence-electron chi connectivity index (χ1n) is 5.14. The molecule has 0 aliphatic heterocycles. The van der Waals surface area contributed by atoms with Crippen LogP contribution < -0.4 is 4.74 Å². The van der Waals surface area contributed by atoms with E-state index in [0.717, 1.165) is 27.0 Å². The maximum atomic E-state index is 5.60. The van der Waals surface area contributed by atoms with Gasteiger partial charge in [-0.2, -0.15) is 0 Å². The van der Waals surface area contributed by atoms with Crippen LogP contribution in [0.3, 0.4) is 0 Å². The molecule has 1 heterocycles. The molecule has 0 aliphatic carbocycles. The second-order valence-electron chi connectivity index (χ2n) is 3.36. The van der Waals surface area contributed by atoms with Crippen LogP contribution in [0.1, 0.15) is 5.82 Å². The van der Waals surface area contributed by atoms with Gasteiger partial charge >= 0.3 is 0 Å². The molecule has 0 saturated heterocycles. The fourth-order valence-corrected chi connectivity index (χ4v) is 2.28. The molecule has 0 bridgehead atoms. The van der Waals surface area contributed by atoms with Crippen molar-refractivity contribution in [2.24, 2.45) is 0 Å². The maximum Gasteiger partial charge on any atom is 0.208 e. The molecule has 0 unspecified atom stereocenters. The zero-order valence-electron chi connectivity index (χ0n) is 9.31. The third kappa shape index (κ3) is 4.05. The number of H-pyrrole nitrogens is 1. The van der Waals surface area contributed by atoms with Crippen LogP contribution in [0.15, 0.2) is 33.9 Å². The minimum atomic E-state index is 0.634. The molecule has 90 valence electrons. The van der Waals surface area contributed by atoms with Gasteiger partial charge in [0.05, 0.1) is 6.61 Å². The number of hydrogen-bond acceptors (Lipinski definition) is 4. The highest BCUT2D eigenvalue weighted by Gasteiger charge is 2.00. The van der Waals surface area contributed by atoms with Gasteiger partial charge in [0.1, 0.15) is 11.6 Å². The number of rotatable bonds is 5. The van der Waals surface area contributed by atoms with Crippen molar-refractivity contribution in [3.8, 4) is 5.75 Å². The molecule has 0 saturated carbocycles. The van der Waals surface area contributed by atoms with Crippen molar-refractivity contribution in [1.82, 2.24) is 15.2 Å². The van der Waals surface area contributed by atoms with Crippen molar-refractivity contribution in [1.29, 1.82) is 0 Å². The topological polar surface area (TPSA) is 50.8 Å². The van der Waals surface area contributed by atoms with Crippen molar-refractivity contribution in [3.05, 3.63) is 34.6 Å². The second-order valence-corrected chi connectivity index (χ2v) is 5.34. The Labute approximate surface area is 112 Å². The van der Waals surface area contributed by atoms with Crippen molar-refractivity contribution < 1.29 is 4.74 Å². The van der Waals surface area contributed by atoms with E-state index in [-0.39, 0.29) is 0 Å². The van der Waals surface area contributed by atoms with E-state index in [1.807, 2.05) is 31.2 Å². The van der Waals surface area contributed by atoms with Crippen LogP contribution >= 0.6 is 27.7 Å². The zero-order chi connectivity index (χ0) is 12.1. The lowest BCUT2D eigenvalue weighted by Gasteiger charge is -2.04. The molecule has 0 fully saturated rings. The van der Waals surface area contributed by atoms with E-state index in [0.29, 0.717) is 6.61 Å². The summed E-state index contributed by atoms with van der Waals surface area (Å²) in [6, 6.07) is 7.80. The normalized spacial score (nSPS) is 10.5. The fraction of sp³-hybridized carbons (Fsp3) is 0.273. The largest absolute Gasteiger partial charge is 0.493 e. The van der Waals surface area contributed by atoms with E-state index in [9.17, 15) is 0 Å². The average Bonchev–Trinajstić information content (AvgIpc) is 2.71. The average molecular weight is 314 g/mol. The number of benzene rings is 1. The van der Waals surface area contributed by atoms with E-state index in [1.165, 1.54) is 0 Å². The van der Waals surface area contributed by atoms with E-state index < -0.39 is 0 Å². The number of aromatic nitrogens is 3. The number of aromatic amines is 1. The summed E-state index contributed by atoms with van der Waals surface area (Å²) < 4.78 is 6.62. The summed E-state index contributed by atoms with van der Waals surface area (Å²) in [6.45, 7) is 2.52. The maximum absolute atomic E-state index is 5.60. The number of thioether (sulfide) groups is 1. The standard InChI is InChI=1S/C11H12BrN3OS/c1-8-13-11(15-14-8)17-6-5-16-10-4-2-3-9(12)7-10/h2-4,7H,5-6H2,1H3,(H,13,14,15). The Morgan fingerprint density at radius 1 is 1.47 bits per heavy atom. The van der Waals surface area contributed by atoms with Gasteiger partial charge in [0.2, 0.25) is 5.16 Å². The number of nitrogens with zero attached hydrogens (tertiary/aromatic N) is 2. The Kier molecular flexibility index (Phi) is 4.44. The summed E-state index contributed by atoms with van der Waals surface area (Å²) >= 11 is 4.98. The minimum Gasteiger partial charge on any atom is -0.493 e. The van der Waals surface area contributed by atoms with Gasteiger partial charge in [-0.1, -0.05) is 33.8 Å². The van der Waals surface area contributed by atoms with Crippen molar-refractivity contribution in [2.75, 3.05) is 12.4 Å². The number of ether oxygens (including phenoxy) is 1. The Morgan fingerprint density at radius 2 is 2.35 bits per heavy atom. The van der Waals surface area contributed by atoms with Crippen LogP contribution in [0.25, 0.3) is 0 Å². The first-order chi connectivity index (χ1) is 8.24. The van der Waals surface area contributed by atoms with Crippen LogP contribution in [0.5, 0.6) is 5.75 Å². The first-order valence-corrected chi connectivity index (χ1v) is 6.92. The minimum absolute atomic E-state index is 0.634. The smallest absolute Gasteiger partial charge is 0.208 e. The lowest BCUT2D eigenvalue weighted by Crippen LogP contribution is -2.00. The summed E-state index contributed by atoms with van der Waals surface area (Å²) in [6.07, 6.45) is 0. The van der Waals surface area contributed by atoms with E-state index >= 15 is 0 Å². The molecular weight excluding hydrogens is 302 g/mol. The van der Waals surface area contributed by atoms with E-state index in [1.54, 1.807) is 11.8 Å². The third-order valence-corrected chi connectivity index (χ3v) is 3.26. The highest BCUT2D eigenvalue weighted by molar-refractivity contribution is 9.10. The number of halogens is 1. The predicted molar refractivity (Wildman–Crippen MR) is 71.5 cm³/mol. The third-order valence-electron chi connectivity index (χ3n) is 1.96. The summed E-state index contributed by atoms with van der Waals surface area (Å²) in [4.78, 5) is 4.20. The lowest BCUT2D eigenvalue weighted by molar-refractivity contribution is 0.343. The predicted octanol–water partition coefficient (Wildman–Crippen LogP) is 3.05. The summed E-state index contributed by atoms with van der Waals surface area (Å²) in [5, 5.41) is 7.61. The van der Waals surface area contributed by atoms with Crippen LogP contribution in [-0.2, 0) is 0 Å². The fourth-order valence-electron chi connectivity index (χ4n) is 1.24. The SMILES string of the molecule is Cc1nc(SCCOc2cccc(Br)c2)n[nH]1. The van der Waals surface area contributed by atoms with Crippen LogP contribution in [0.2, 0.25) is 0 Å². The molecule has 0 radical (unpaired) electrons. The quantitative estimate of drug-likeness (QED) is 0.681. The Balaban J connectivity index is 1.73. The molecule has 6 heteroatoms. The molecule has 1 aromatic heterocycles. The van der Waals surface area contributed by atoms with Gasteiger partial charge in [0, 0.05) is 10.2 Å². The van der Waals surface area contributed by atoms with Gasteiger partial charge in [-0.15, -0.1) is 5.10 Å². The summed E-state index contributed by atoms with van der Waals surface area (Å²) in [5.41, 5.74) is 0. The van der Waals surface area contributed by atoms with Gasteiger partial charge in [0.15, 0.2) is 0 Å². The highest BCUT2D eigenvalue weighted by atomic mass is 79.9. The molecule has 2 rings (SSSR count). The van der Waals surface area contributed by atoms with Gasteiger partial charge in [-0.3, -0.25) is 5.10 Å². The Morgan fingerprint density at radius 3 is 3.06 bits per heavy atom. The number of hydrogen-bond donors (Lipinski definition) is 1.